The first-order valence-electron chi connectivity index (χ1n) is 8.24. The van der Waals surface area contributed by atoms with Crippen molar-refractivity contribution < 1.29 is 24.5 Å². The zero-order chi connectivity index (χ0) is 17.1. The van der Waals surface area contributed by atoms with E-state index in [0.717, 1.165) is 0 Å². The van der Waals surface area contributed by atoms with Gasteiger partial charge in [-0.15, -0.1) is 0 Å². The Morgan fingerprint density at radius 3 is 2.50 bits per heavy atom. The molecule has 0 radical (unpaired) electrons. The molecule has 2 amide bonds. The van der Waals surface area contributed by atoms with Gasteiger partial charge in [-0.1, -0.05) is 18.2 Å². The number of para-hydroxylation sites is 1. The summed E-state index contributed by atoms with van der Waals surface area (Å²) in [5.41, 5.74) is 0.663. The van der Waals surface area contributed by atoms with Crippen molar-refractivity contribution in [1.29, 1.82) is 0 Å². The molecule has 24 heavy (non-hydrogen) atoms. The Balaban J connectivity index is 1.50. The zero-order valence-corrected chi connectivity index (χ0v) is 13.3. The van der Waals surface area contributed by atoms with Gasteiger partial charge in [0.1, 0.15) is 18.5 Å². The number of benzene rings is 1. The van der Waals surface area contributed by atoms with Crippen LogP contribution in [0.3, 0.4) is 0 Å². The molecule has 4 N–H and O–H groups in total. The van der Waals surface area contributed by atoms with Crippen LogP contribution in [-0.4, -0.2) is 40.9 Å². The van der Waals surface area contributed by atoms with E-state index in [-0.39, 0.29) is 24.6 Å². The van der Waals surface area contributed by atoms with Crippen molar-refractivity contribution in [1.82, 2.24) is 10.6 Å². The van der Waals surface area contributed by atoms with Crippen LogP contribution in [0.5, 0.6) is 5.75 Å². The van der Waals surface area contributed by atoms with E-state index >= 15 is 0 Å². The first-order valence-corrected chi connectivity index (χ1v) is 8.24. The third-order valence-corrected chi connectivity index (χ3v) is 4.77. The molecule has 1 aliphatic heterocycles. The minimum absolute atomic E-state index is 0.0328. The third-order valence-electron chi connectivity index (χ3n) is 4.77. The monoisotopic (exact) mass is 334 g/mol. The molecule has 2 atom stereocenters. The average molecular weight is 334 g/mol. The number of rotatable bonds is 3. The highest BCUT2D eigenvalue weighted by Crippen LogP contribution is 2.31. The summed E-state index contributed by atoms with van der Waals surface area (Å²) in [5.74, 6) is -0.439. The lowest BCUT2D eigenvalue weighted by Crippen LogP contribution is -2.52. The summed E-state index contributed by atoms with van der Waals surface area (Å²) in [6.45, 7) is 0.206. The molecular formula is C17H22N2O5. The van der Waals surface area contributed by atoms with E-state index in [1.165, 1.54) is 0 Å². The molecule has 7 heteroatoms. The van der Waals surface area contributed by atoms with Crippen molar-refractivity contribution in [3.63, 3.8) is 0 Å². The van der Waals surface area contributed by atoms with Gasteiger partial charge in [-0.2, -0.15) is 0 Å². The summed E-state index contributed by atoms with van der Waals surface area (Å²) in [5, 5.41) is 25.0. The fourth-order valence-corrected chi connectivity index (χ4v) is 3.34. The first kappa shape index (κ1) is 16.6. The second-order valence-electron chi connectivity index (χ2n) is 6.40. The molecule has 0 spiro atoms. The van der Waals surface area contributed by atoms with Crippen LogP contribution >= 0.6 is 0 Å². The number of aliphatic hydroxyl groups excluding tert-OH is 1. The summed E-state index contributed by atoms with van der Waals surface area (Å²) < 4.78 is 5.57. The predicted molar refractivity (Wildman–Crippen MR) is 85.7 cm³/mol. The molecule has 0 aromatic heterocycles. The van der Waals surface area contributed by atoms with Crippen LogP contribution < -0.4 is 15.4 Å². The minimum atomic E-state index is -0.816. The number of carboxylic acid groups (broad SMARTS) is 1. The lowest BCUT2D eigenvalue weighted by molar-refractivity contribution is -0.142. The average Bonchev–Trinajstić information content (AvgIpc) is 2.58. The number of urea groups is 1. The van der Waals surface area contributed by atoms with Gasteiger partial charge in [0.25, 0.3) is 0 Å². The van der Waals surface area contributed by atoms with Gasteiger partial charge in [-0.3, -0.25) is 4.79 Å². The Morgan fingerprint density at radius 1 is 1.08 bits per heavy atom. The zero-order valence-electron chi connectivity index (χ0n) is 13.3. The highest BCUT2D eigenvalue weighted by molar-refractivity contribution is 5.75. The molecule has 1 aliphatic carbocycles. The van der Waals surface area contributed by atoms with Gasteiger partial charge >= 0.3 is 12.0 Å². The topological polar surface area (TPSA) is 108 Å². The molecule has 0 bridgehead atoms. The number of ether oxygens (including phenoxy) is 1. The Bertz CT molecular complexity index is 613. The van der Waals surface area contributed by atoms with Crippen molar-refractivity contribution in [2.24, 2.45) is 5.92 Å². The molecule has 1 saturated carbocycles. The number of nitrogens with one attached hydrogen (secondary N) is 2. The van der Waals surface area contributed by atoms with Gasteiger partial charge in [0.05, 0.1) is 12.0 Å². The van der Waals surface area contributed by atoms with E-state index in [1.807, 2.05) is 12.1 Å². The van der Waals surface area contributed by atoms with E-state index in [2.05, 4.69) is 10.6 Å². The van der Waals surface area contributed by atoms with Crippen molar-refractivity contribution in [3.8, 4) is 5.75 Å². The number of carbonyl (C=O) groups is 2. The van der Waals surface area contributed by atoms with Gasteiger partial charge in [0.15, 0.2) is 0 Å². The smallest absolute Gasteiger partial charge is 0.315 e. The number of amides is 2. The summed E-state index contributed by atoms with van der Waals surface area (Å²) in [7, 11) is 0. The van der Waals surface area contributed by atoms with Crippen LogP contribution in [0.4, 0.5) is 4.79 Å². The van der Waals surface area contributed by atoms with E-state index in [0.29, 0.717) is 37.0 Å². The Kier molecular flexibility index (Phi) is 4.89. The van der Waals surface area contributed by atoms with Gasteiger partial charge in [0.2, 0.25) is 0 Å². The first-order chi connectivity index (χ1) is 11.5. The highest BCUT2D eigenvalue weighted by Gasteiger charge is 2.31. The van der Waals surface area contributed by atoms with Crippen LogP contribution in [0.1, 0.15) is 37.4 Å². The molecule has 1 fully saturated rings. The number of aliphatic hydroxyl groups is 1. The standard InChI is InChI=1S/C17H22N2O5/c20-15-12-3-1-2-4-14(12)24-9-13(15)19-17(23)18-11-7-5-10(6-8-11)16(21)22/h1-4,10-11,13,15,20H,5-9H2,(H,21,22)(H2,18,19,23). The largest absolute Gasteiger partial charge is 0.491 e. The minimum Gasteiger partial charge on any atom is -0.491 e. The normalized spacial score (nSPS) is 29.0. The molecule has 3 rings (SSSR count). The molecule has 1 heterocycles. The number of hydrogen-bond acceptors (Lipinski definition) is 4. The van der Waals surface area contributed by atoms with E-state index in [9.17, 15) is 14.7 Å². The van der Waals surface area contributed by atoms with Crippen LogP contribution in [-0.2, 0) is 4.79 Å². The van der Waals surface area contributed by atoms with Crippen LogP contribution in [0, 0.1) is 5.92 Å². The Labute approximate surface area is 140 Å². The number of carbonyl (C=O) groups excluding carboxylic acids is 1. The maximum Gasteiger partial charge on any atom is 0.315 e. The lowest BCUT2D eigenvalue weighted by Gasteiger charge is -2.32. The van der Waals surface area contributed by atoms with E-state index < -0.39 is 18.1 Å². The lowest BCUT2D eigenvalue weighted by atomic mass is 9.86. The second-order valence-corrected chi connectivity index (χ2v) is 6.40. The molecule has 130 valence electrons. The van der Waals surface area contributed by atoms with Crippen LogP contribution in [0.2, 0.25) is 0 Å². The SMILES string of the molecule is O=C(NC1CCC(C(=O)O)CC1)NC1COc2ccccc2C1O. The maximum atomic E-state index is 12.1. The molecule has 1 aromatic rings. The van der Waals surface area contributed by atoms with E-state index in [4.69, 9.17) is 9.84 Å². The van der Waals surface area contributed by atoms with Gasteiger partial charge in [-0.25, -0.2) is 4.79 Å². The molecule has 2 unspecified atom stereocenters. The van der Waals surface area contributed by atoms with Crippen LogP contribution in [0.15, 0.2) is 24.3 Å². The second kappa shape index (κ2) is 7.09. The summed E-state index contributed by atoms with van der Waals surface area (Å²) in [6.07, 6.45) is 1.63. The van der Waals surface area contributed by atoms with Crippen molar-refractivity contribution in [2.75, 3.05) is 6.61 Å². The number of hydrogen-bond donors (Lipinski definition) is 4. The summed E-state index contributed by atoms with van der Waals surface area (Å²) in [6, 6.07) is 6.30. The van der Waals surface area contributed by atoms with Crippen molar-refractivity contribution >= 4 is 12.0 Å². The van der Waals surface area contributed by atoms with Crippen LogP contribution in [0.25, 0.3) is 0 Å². The Morgan fingerprint density at radius 2 is 1.79 bits per heavy atom. The quantitative estimate of drug-likeness (QED) is 0.669. The molecule has 2 aliphatic rings. The number of carboxylic acids is 1. The van der Waals surface area contributed by atoms with E-state index in [1.54, 1.807) is 12.1 Å². The van der Waals surface area contributed by atoms with Gasteiger partial charge < -0.3 is 25.6 Å². The summed E-state index contributed by atoms with van der Waals surface area (Å²) >= 11 is 0. The molecular weight excluding hydrogens is 312 g/mol. The maximum absolute atomic E-state index is 12.1. The van der Waals surface area contributed by atoms with Crippen molar-refractivity contribution in [2.45, 2.75) is 43.9 Å². The Hall–Kier alpha value is -2.28. The number of aliphatic carboxylic acids is 1. The predicted octanol–water partition coefficient (Wildman–Crippen LogP) is 1.42. The molecule has 1 aromatic carbocycles. The third kappa shape index (κ3) is 3.62. The van der Waals surface area contributed by atoms with Crippen molar-refractivity contribution in [3.05, 3.63) is 29.8 Å². The summed E-state index contributed by atoms with van der Waals surface area (Å²) in [4.78, 5) is 23.1. The number of fused-ring (bicyclic) bond motifs is 1. The van der Waals surface area contributed by atoms with Gasteiger partial charge in [-0.05, 0) is 31.7 Å². The fourth-order valence-electron chi connectivity index (χ4n) is 3.34. The fraction of sp³-hybridized carbons (Fsp3) is 0.529. The van der Waals surface area contributed by atoms with Gasteiger partial charge in [0, 0.05) is 11.6 Å². The highest BCUT2D eigenvalue weighted by atomic mass is 16.5. The molecule has 0 saturated heterocycles. The molecule has 7 nitrogen and oxygen atoms in total.